The molecule has 0 radical (unpaired) electrons. The second kappa shape index (κ2) is 11.2. The quantitative estimate of drug-likeness (QED) is 0.580. The molecule has 0 spiro atoms. The summed E-state index contributed by atoms with van der Waals surface area (Å²) in [6.07, 6.45) is 2.69. The summed E-state index contributed by atoms with van der Waals surface area (Å²) in [6, 6.07) is 12.1. The Morgan fingerprint density at radius 3 is 2.69 bits per heavy atom. The lowest BCUT2D eigenvalue weighted by Gasteiger charge is -2.33. The van der Waals surface area contributed by atoms with Gasteiger partial charge in [0.2, 0.25) is 0 Å². The van der Waals surface area contributed by atoms with Gasteiger partial charge in [0.1, 0.15) is 11.7 Å². The van der Waals surface area contributed by atoms with Gasteiger partial charge in [-0.25, -0.2) is 9.18 Å². The number of nitrogen functional groups attached to an aromatic ring is 1. The molecule has 1 atom stereocenters. The van der Waals surface area contributed by atoms with Crippen LogP contribution >= 0.6 is 0 Å². The lowest BCUT2D eigenvalue weighted by molar-refractivity contribution is 0.0123. The van der Waals surface area contributed by atoms with Crippen LogP contribution < -0.4 is 10.5 Å². The Morgan fingerprint density at radius 2 is 2.03 bits per heavy atom. The van der Waals surface area contributed by atoms with E-state index in [-0.39, 0.29) is 35.6 Å². The first-order chi connectivity index (χ1) is 16.6. The van der Waals surface area contributed by atoms with E-state index in [0.717, 1.165) is 5.56 Å². The number of aliphatic hydroxyl groups excluding tert-OH is 1. The maximum absolute atomic E-state index is 15.2. The van der Waals surface area contributed by atoms with E-state index in [2.05, 4.69) is 6.07 Å². The zero-order valence-corrected chi connectivity index (χ0v) is 20.3. The minimum atomic E-state index is -0.982. The number of aliphatic hydroxyl groups is 1. The Balaban J connectivity index is 1.61. The molecule has 1 amide bonds. The first-order valence-corrected chi connectivity index (χ1v) is 11.6. The Labute approximate surface area is 205 Å². The summed E-state index contributed by atoms with van der Waals surface area (Å²) in [5.74, 6) is -0.527. The number of nitriles is 1. The summed E-state index contributed by atoms with van der Waals surface area (Å²) in [6.45, 7) is 6.38. The first-order valence-electron chi connectivity index (χ1n) is 11.6. The number of hydrogen-bond acceptors (Lipinski definition) is 6. The molecule has 35 heavy (non-hydrogen) atoms. The smallest absolute Gasteiger partial charge is 0.410 e. The first kappa shape index (κ1) is 26.0. The van der Waals surface area contributed by atoms with Gasteiger partial charge in [-0.3, -0.25) is 0 Å². The molecule has 1 aliphatic rings. The topological polar surface area (TPSA) is 109 Å². The van der Waals surface area contributed by atoms with E-state index in [0.29, 0.717) is 31.5 Å². The molecule has 0 aliphatic carbocycles. The van der Waals surface area contributed by atoms with Gasteiger partial charge >= 0.3 is 6.09 Å². The molecule has 0 aromatic heterocycles. The molecule has 2 aromatic rings. The van der Waals surface area contributed by atoms with Crippen molar-refractivity contribution >= 4 is 17.9 Å². The number of piperidine rings is 1. The van der Waals surface area contributed by atoms with Crippen molar-refractivity contribution in [3.8, 4) is 11.8 Å². The van der Waals surface area contributed by atoms with Crippen molar-refractivity contribution in [3.05, 3.63) is 65.0 Å². The molecule has 8 heteroatoms. The number of nitrogens with two attached hydrogens (primary N) is 1. The van der Waals surface area contributed by atoms with E-state index in [9.17, 15) is 9.90 Å². The highest BCUT2D eigenvalue weighted by Crippen LogP contribution is 2.29. The third-order valence-electron chi connectivity index (χ3n) is 5.57. The van der Waals surface area contributed by atoms with Crippen molar-refractivity contribution in [2.75, 3.05) is 18.8 Å². The number of nitrogens with zero attached hydrogens (tertiary/aromatic N) is 2. The van der Waals surface area contributed by atoms with E-state index < -0.39 is 17.5 Å². The van der Waals surface area contributed by atoms with E-state index in [1.165, 1.54) is 12.1 Å². The molecule has 0 saturated carbocycles. The average molecular weight is 482 g/mol. The van der Waals surface area contributed by atoms with Crippen molar-refractivity contribution in [2.45, 2.75) is 57.8 Å². The van der Waals surface area contributed by atoms with Crippen molar-refractivity contribution in [2.24, 2.45) is 0 Å². The maximum atomic E-state index is 15.2. The van der Waals surface area contributed by atoms with Gasteiger partial charge in [-0.1, -0.05) is 24.3 Å². The average Bonchev–Trinajstić information content (AvgIpc) is 2.81. The SMILES string of the molecule is CC(C)(C)OC(=O)N1CCC(Oc2ccc(N)c(CC(O)/C=C/c3cccc(C#N)c3)c2F)CC1. The summed E-state index contributed by atoms with van der Waals surface area (Å²) >= 11 is 0. The number of ether oxygens (including phenoxy) is 2. The summed E-state index contributed by atoms with van der Waals surface area (Å²) in [5.41, 5.74) is 7.11. The van der Waals surface area contributed by atoms with Gasteiger partial charge in [-0.05, 0) is 50.6 Å². The van der Waals surface area contributed by atoms with Crippen LogP contribution in [0.3, 0.4) is 0 Å². The zero-order valence-electron chi connectivity index (χ0n) is 20.3. The predicted molar refractivity (Wildman–Crippen MR) is 132 cm³/mol. The van der Waals surface area contributed by atoms with Crippen LogP contribution in [0.5, 0.6) is 5.75 Å². The molecular formula is C27H32FN3O4. The molecule has 1 fully saturated rings. The number of rotatable bonds is 6. The standard InChI is InChI=1S/C27H32FN3O4/c1-27(2,3)35-26(33)31-13-11-21(12-14-31)34-24-10-9-23(30)22(25(24)28)16-20(32)8-7-18-5-4-6-19(15-18)17-29/h4-10,15,20-21,32H,11-14,16,30H2,1-3H3/b8-7+. The summed E-state index contributed by atoms with van der Waals surface area (Å²) in [7, 11) is 0. The monoisotopic (exact) mass is 481 g/mol. The summed E-state index contributed by atoms with van der Waals surface area (Å²) in [4.78, 5) is 13.9. The number of likely N-dealkylation sites (tertiary alicyclic amines) is 1. The molecule has 3 rings (SSSR count). The molecule has 186 valence electrons. The third-order valence-corrected chi connectivity index (χ3v) is 5.57. The number of carbonyl (C=O) groups is 1. The molecule has 1 unspecified atom stereocenters. The zero-order chi connectivity index (χ0) is 25.6. The number of hydrogen-bond donors (Lipinski definition) is 2. The van der Waals surface area contributed by atoms with E-state index in [1.54, 1.807) is 35.2 Å². The molecule has 1 aliphatic heterocycles. The van der Waals surface area contributed by atoms with Crippen LogP contribution in [0, 0.1) is 17.1 Å². The molecule has 3 N–H and O–H groups in total. The molecule has 1 saturated heterocycles. The molecule has 7 nitrogen and oxygen atoms in total. The van der Waals surface area contributed by atoms with Crippen LogP contribution in [0.4, 0.5) is 14.9 Å². The van der Waals surface area contributed by atoms with Crippen molar-refractivity contribution < 1.29 is 23.8 Å². The van der Waals surface area contributed by atoms with Gasteiger partial charge < -0.3 is 25.2 Å². The fourth-order valence-electron chi connectivity index (χ4n) is 3.79. The minimum Gasteiger partial charge on any atom is -0.487 e. The van der Waals surface area contributed by atoms with Crippen molar-refractivity contribution in [1.29, 1.82) is 5.26 Å². The van der Waals surface area contributed by atoms with Gasteiger partial charge in [0.15, 0.2) is 11.6 Å². The van der Waals surface area contributed by atoms with Gasteiger partial charge in [-0.15, -0.1) is 0 Å². The highest BCUT2D eigenvalue weighted by molar-refractivity contribution is 5.68. The summed E-state index contributed by atoms with van der Waals surface area (Å²) in [5, 5.41) is 19.5. The predicted octanol–water partition coefficient (Wildman–Crippen LogP) is 4.67. The van der Waals surface area contributed by atoms with Gasteiger partial charge in [0.25, 0.3) is 0 Å². The number of anilines is 1. The molecular weight excluding hydrogens is 449 g/mol. The van der Waals surface area contributed by atoms with Gasteiger partial charge in [0, 0.05) is 43.6 Å². The highest BCUT2D eigenvalue weighted by Gasteiger charge is 2.28. The second-order valence-corrected chi connectivity index (χ2v) is 9.60. The van der Waals surface area contributed by atoms with Crippen LogP contribution in [0.25, 0.3) is 6.08 Å². The largest absolute Gasteiger partial charge is 0.487 e. The second-order valence-electron chi connectivity index (χ2n) is 9.60. The van der Waals surface area contributed by atoms with Crippen LogP contribution in [0.1, 0.15) is 50.3 Å². The fourth-order valence-corrected chi connectivity index (χ4v) is 3.79. The highest BCUT2D eigenvalue weighted by atomic mass is 19.1. The van der Waals surface area contributed by atoms with Crippen LogP contribution in [0.15, 0.2) is 42.5 Å². The van der Waals surface area contributed by atoms with Gasteiger partial charge in [0.05, 0.1) is 17.7 Å². The number of carbonyl (C=O) groups excluding carboxylic acids is 1. The Morgan fingerprint density at radius 1 is 1.31 bits per heavy atom. The van der Waals surface area contributed by atoms with Crippen LogP contribution in [0.2, 0.25) is 0 Å². The molecule has 0 bridgehead atoms. The number of halogens is 1. The Bertz CT molecular complexity index is 1110. The Kier molecular flexibility index (Phi) is 8.36. The lowest BCUT2D eigenvalue weighted by atomic mass is 10.0. The summed E-state index contributed by atoms with van der Waals surface area (Å²) < 4.78 is 26.6. The Hall–Kier alpha value is -3.57. The number of amides is 1. The lowest BCUT2D eigenvalue weighted by Crippen LogP contribution is -2.44. The van der Waals surface area contributed by atoms with E-state index in [1.807, 2.05) is 26.8 Å². The minimum absolute atomic E-state index is 0.0274. The number of benzene rings is 2. The molecule has 1 heterocycles. The molecule has 2 aromatic carbocycles. The van der Waals surface area contributed by atoms with Crippen LogP contribution in [-0.2, 0) is 11.2 Å². The van der Waals surface area contributed by atoms with Crippen LogP contribution in [-0.4, -0.2) is 47.0 Å². The van der Waals surface area contributed by atoms with Crippen molar-refractivity contribution in [1.82, 2.24) is 4.90 Å². The van der Waals surface area contributed by atoms with Crippen molar-refractivity contribution in [3.63, 3.8) is 0 Å². The third kappa shape index (κ3) is 7.46. The normalized spacial score (nSPS) is 15.6. The van der Waals surface area contributed by atoms with E-state index in [4.69, 9.17) is 20.5 Å². The van der Waals surface area contributed by atoms with Gasteiger partial charge in [-0.2, -0.15) is 5.26 Å². The fraction of sp³-hybridized carbons (Fsp3) is 0.407. The van der Waals surface area contributed by atoms with E-state index >= 15 is 4.39 Å². The maximum Gasteiger partial charge on any atom is 0.410 e.